The smallest absolute Gasteiger partial charge is 0.270 e. The van der Waals surface area contributed by atoms with Crippen LogP contribution in [0.2, 0.25) is 0 Å². The molecule has 20 heavy (non-hydrogen) atoms. The van der Waals surface area contributed by atoms with Gasteiger partial charge in [-0.3, -0.25) is 4.79 Å². The van der Waals surface area contributed by atoms with Gasteiger partial charge in [-0.15, -0.1) is 11.3 Å². The zero-order chi connectivity index (χ0) is 13.9. The summed E-state index contributed by atoms with van der Waals surface area (Å²) in [5.74, 6) is -0.105. The predicted molar refractivity (Wildman–Crippen MR) is 75.8 cm³/mol. The third-order valence-corrected chi connectivity index (χ3v) is 4.93. The van der Waals surface area contributed by atoms with Crippen LogP contribution in [-0.2, 0) is 4.74 Å². The number of carbonyl (C=O) groups excluding carboxylic acids is 1. The second-order valence-corrected chi connectivity index (χ2v) is 6.44. The zero-order valence-electron chi connectivity index (χ0n) is 11.4. The van der Waals surface area contributed by atoms with Gasteiger partial charge < -0.3 is 15.2 Å². The first-order valence-corrected chi connectivity index (χ1v) is 8.16. The van der Waals surface area contributed by atoms with E-state index in [1.165, 1.54) is 11.3 Å². The Kier molecular flexibility index (Phi) is 4.33. The van der Waals surface area contributed by atoms with Crippen LogP contribution in [-0.4, -0.2) is 34.8 Å². The van der Waals surface area contributed by atoms with Crippen LogP contribution >= 0.6 is 11.3 Å². The first-order chi connectivity index (χ1) is 9.72. The first-order valence-electron chi connectivity index (χ1n) is 7.28. The van der Waals surface area contributed by atoms with E-state index in [4.69, 9.17) is 4.74 Å². The zero-order valence-corrected chi connectivity index (χ0v) is 12.2. The van der Waals surface area contributed by atoms with E-state index in [1.54, 1.807) is 0 Å². The van der Waals surface area contributed by atoms with Gasteiger partial charge in [0.1, 0.15) is 16.8 Å². The standard InChI is InChI=1S/C14H20N2O3S/c17-10-5-3-9(4-6-10)15-13(18)11-8-20-14(16-11)12-2-1-7-19-12/h8-10,12,17H,1-7H2,(H,15,18). The number of carbonyl (C=O) groups is 1. The van der Waals surface area contributed by atoms with Gasteiger partial charge >= 0.3 is 0 Å². The fourth-order valence-electron chi connectivity index (χ4n) is 2.79. The lowest BCUT2D eigenvalue weighted by Gasteiger charge is -2.25. The van der Waals surface area contributed by atoms with Crippen LogP contribution in [0.5, 0.6) is 0 Å². The van der Waals surface area contributed by atoms with Gasteiger partial charge in [0, 0.05) is 18.0 Å². The molecule has 1 saturated heterocycles. The minimum absolute atomic E-state index is 0.0753. The van der Waals surface area contributed by atoms with E-state index in [1.807, 2.05) is 5.38 Å². The summed E-state index contributed by atoms with van der Waals surface area (Å²) in [6, 6.07) is 0.166. The summed E-state index contributed by atoms with van der Waals surface area (Å²) in [5.41, 5.74) is 0.492. The number of hydrogen-bond donors (Lipinski definition) is 2. The number of thiazole rings is 1. The fourth-order valence-corrected chi connectivity index (χ4v) is 3.67. The van der Waals surface area contributed by atoms with Crippen molar-refractivity contribution in [3.63, 3.8) is 0 Å². The number of aliphatic hydroxyl groups is 1. The molecule has 3 rings (SSSR count). The minimum Gasteiger partial charge on any atom is -0.393 e. The Labute approximate surface area is 122 Å². The molecule has 1 atom stereocenters. The SMILES string of the molecule is O=C(NC1CCC(O)CC1)c1csc(C2CCCO2)n1. The minimum atomic E-state index is -0.200. The number of aromatic nitrogens is 1. The Morgan fingerprint density at radius 3 is 2.85 bits per heavy atom. The van der Waals surface area contributed by atoms with Gasteiger partial charge in [0.25, 0.3) is 5.91 Å². The van der Waals surface area contributed by atoms with Crippen LogP contribution in [0.15, 0.2) is 5.38 Å². The molecule has 2 N–H and O–H groups in total. The number of amides is 1. The van der Waals surface area contributed by atoms with Gasteiger partial charge in [-0.1, -0.05) is 0 Å². The van der Waals surface area contributed by atoms with Crippen molar-refractivity contribution < 1.29 is 14.6 Å². The third kappa shape index (κ3) is 3.19. The van der Waals surface area contributed by atoms with E-state index in [-0.39, 0.29) is 24.2 Å². The van der Waals surface area contributed by atoms with E-state index in [0.29, 0.717) is 5.69 Å². The number of rotatable bonds is 3. The number of aliphatic hydroxyl groups excluding tert-OH is 1. The molecule has 1 unspecified atom stereocenters. The number of hydrogen-bond acceptors (Lipinski definition) is 5. The van der Waals surface area contributed by atoms with Crippen molar-refractivity contribution in [2.45, 2.75) is 56.8 Å². The normalized spacial score (nSPS) is 30.4. The molecule has 1 aliphatic heterocycles. The van der Waals surface area contributed by atoms with Crippen LogP contribution in [0.3, 0.4) is 0 Å². The maximum atomic E-state index is 12.2. The lowest BCUT2D eigenvalue weighted by molar-refractivity contribution is 0.0861. The molecule has 1 amide bonds. The highest BCUT2D eigenvalue weighted by Crippen LogP contribution is 2.30. The highest BCUT2D eigenvalue weighted by atomic mass is 32.1. The molecular weight excluding hydrogens is 276 g/mol. The molecule has 0 bridgehead atoms. The van der Waals surface area contributed by atoms with Crippen molar-refractivity contribution in [2.75, 3.05) is 6.61 Å². The summed E-state index contributed by atoms with van der Waals surface area (Å²) in [5, 5.41) is 15.2. The highest BCUT2D eigenvalue weighted by Gasteiger charge is 2.24. The van der Waals surface area contributed by atoms with E-state index in [0.717, 1.165) is 50.1 Å². The fraction of sp³-hybridized carbons (Fsp3) is 0.714. The lowest BCUT2D eigenvalue weighted by atomic mass is 9.93. The molecule has 6 heteroatoms. The monoisotopic (exact) mass is 296 g/mol. The summed E-state index contributed by atoms with van der Waals surface area (Å²) in [6.07, 6.45) is 5.16. The summed E-state index contributed by atoms with van der Waals surface area (Å²) >= 11 is 1.50. The molecule has 2 aliphatic rings. The molecule has 5 nitrogen and oxygen atoms in total. The largest absolute Gasteiger partial charge is 0.393 e. The van der Waals surface area contributed by atoms with E-state index < -0.39 is 0 Å². The van der Waals surface area contributed by atoms with Crippen LogP contribution in [0.1, 0.15) is 60.1 Å². The van der Waals surface area contributed by atoms with Crippen molar-refractivity contribution >= 4 is 17.2 Å². The van der Waals surface area contributed by atoms with E-state index in [9.17, 15) is 9.90 Å². The Bertz CT molecular complexity index is 463. The molecule has 110 valence electrons. The number of nitrogens with zero attached hydrogens (tertiary/aromatic N) is 1. The molecule has 1 aliphatic carbocycles. The molecule has 1 aromatic rings. The number of nitrogens with one attached hydrogen (secondary N) is 1. The molecule has 0 spiro atoms. The van der Waals surface area contributed by atoms with Gasteiger partial charge in [0.15, 0.2) is 0 Å². The van der Waals surface area contributed by atoms with E-state index in [2.05, 4.69) is 10.3 Å². The van der Waals surface area contributed by atoms with E-state index >= 15 is 0 Å². The summed E-state index contributed by atoms with van der Waals surface area (Å²) in [7, 11) is 0. The Morgan fingerprint density at radius 1 is 1.35 bits per heavy atom. The topological polar surface area (TPSA) is 71.5 Å². The summed E-state index contributed by atoms with van der Waals surface area (Å²) < 4.78 is 5.58. The quantitative estimate of drug-likeness (QED) is 0.895. The maximum Gasteiger partial charge on any atom is 0.270 e. The van der Waals surface area contributed by atoms with Gasteiger partial charge in [-0.05, 0) is 38.5 Å². The van der Waals surface area contributed by atoms with Crippen LogP contribution in [0, 0.1) is 0 Å². The van der Waals surface area contributed by atoms with Crippen LogP contribution in [0.25, 0.3) is 0 Å². The maximum absolute atomic E-state index is 12.2. The van der Waals surface area contributed by atoms with Gasteiger partial charge in [-0.25, -0.2) is 4.98 Å². The van der Waals surface area contributed by atoms with Crippen LogP contribution < -0.4 is 5.32 Å². The van der Waals surface area contributed by atoms with Crippen LogP contribution in [0.4, 0.5) is 0 Å². The second-order valence-electron chi connectivity index (χ2n) is 5.55. The number of ether oxygens (including phenoxy) is 1. The third-order valence-electron chi connectivity index (χ3n) is 3.99. The Morgan fingerprint density at radius 2 is 2.15 bits per heavy atom. The summed E-state index contributed by atoms with van der Waals surface area (Å²) in [4.78, 5) is 16.6. The molecule has 1 saturated carbocycles. The molecule has 2 heterocycles. The van der Waals surface area contributed by atoms with Gasteiger partial charge in [-0.2, -0.15) is 0 Å². The highest BCUT2D eigenvalue weighted by molar-refractivity contribution is 7.09. The summed E-state index contributed by atoms with van der Waals surface area (Å²) in [6.45, 7) is 0.788. The Hall–Kier alpha value is -0.980. The molecular formula is C14H20N2O3S. The predicted octanol–water partition coefficient (Wildman–Crippen LogP) is 2.03. The molecule has 1 aromatic heterocycles. The first kappa shape index (κ1) is 14.0. The van der Waals surface area contributed by atoms with Gasteiger partial charge in [0.05, 0.1) is 6.10 Å². The van der Waals surface area contributed by atoms with Crippen molar-refractivity contribution in [2.24, 2.45) is 0 Å². The van der Waals surface area contributed by atoms with Crippen molar-refractivity contribution in [3.8, 4) is 0 Å². The molecule has 2 fully saturated rings. The average molecular weight is 296 g/mol. The van der Waals surface area contributed by atoms with Gasteiger partial charge in [0.2, 0.25) is 0 Å². The Balaban J connectivity index is 1.57. The molecule has 0 aromatic carbocycles. The van der Waals surface area contributed by atoms with Crippen molar-refractivity contribution in [3.05, 3.63) is 16.1 Å². The average Bonchev–Trinajstić information content (AvgIpc) is 3.11. The van der Waals surface area contributed by atoms with Crippen molar-refractivity contribution in [1.82, 2.24) is 10.3 Å². The molecule has 0 radical (unpaired) electrons. The second kappa shape index (κ2) is 6.20. The lowest BCUT2D eigenvalue weighted by Crippen LogP contribution is -2.38. The van der Waals surface area contributed by atoms with Crippen molar-refractivity contribution in [1.29, 1.82) is 0 Å².